The van der Waals surface area contributed by atoms with Gasteiger partial charge in [-0.3, -0.25) is 4.79 Å². The summed E-state index contributed by atoms with van der Waals surface area (Å²) in [6, 6.07) is 15.9. The maximum atomic E-state index is 12.6. The molecule has 1 aliphatic heterocycles. The first kappa shape index (κ1) is 17.5. The molecule has 0 aliphatic carbocycles. The average molecular weight is 372 g/mol. The summed E-state index contributed by atoms with van der Waals surface area (Å²) >= 11 is 1.43. The summed E-state index contributed by atoms with van der Waals surface area (Å²) in [6.07, 6.45) is 0.604. The fourth-order valence-corrected chi connectivity index (χ4v) is 6.28. The minimum Gasteiger partial charge on any atom is -0.322 e. The van der Waals surface area contributed by atoms with Gasteiger partial charge in [-0.05, 0) is 36.8 Å². The Morgan fingerprint density at radius 2 is 2.00 bits per heavy atom. The van der Waals surface area contributed by atoms with Gasteiger partial charge in [0.05, 0.1) is 28.7 Å². The van der Waals surface area contributed by atoms with Gasteiger partial charge in [-0.1, -0.05) is 18.2 Å². The van der Waals surface area contributed by atoms with E-state index in [1.54, 1.807) is 36.4 Å². The number of hydrogen-bond donors (Lipinski definition) is 1. The van der Waals surface area contributed by atoms with Crippen molar-refractivity contribution in [1.29, 1.82) is 5.26 Å². The molecule has 0 aromatic heterocycles. The Hall–Kier alpha value is -2.30. The third-order valence-corrected chi connectivity index (χ3v) is 7.19. The van der Waals surface area contributed by atoms with E-state index in [0.717, 1.165) is 4.90 Å². The Kier molecular flexibility index (Phi) is 5.11. The standard InChI is InChI=1S/C18H16N2O3S2/c19-11-13-4-3-5-14(10-13)20-18(21)16-6-1-2-7-17(16)24-15-8-9-25(22,23)12-15/h1-7,10,15H,8-9,12H2,(H,20,21). The van der Waals surface area contributed by atoms with E-state index in [0.29, 0.717) is 23.2 Å². The van der Waals surface area contributed by atoms with Gasteiger partial charge in [-0.25, -0.2) is 8.42 Å². The lowest BCUT2D eigenvalue weighted by molar-refractivity contribution is 0.102. The summed E-state index contributed by atoms with van der Waals surface area (Å²) in [5.74, 6) is 0.0803. The summed E-state index contributed by atoms with van der Waals surface area (Å²) in [5, 5.41) is 11.7. The van der Waals surface area contributed by atoms with Crippen LogP contribution in [0.3, 0.4) is 0 Å². The highest BCUT2D eigenvalue weighted by atomic mass is 32.2. The van der Waals surface area contributed by atoms with Crippen LogP contribution in [0.5, 0.6) is 0 Å². The van der Waals surface area contributed by atoms with Crippen molar-refractivity contribution < 1.29 is 13.2 Å². The lowest BCUT2D eigenvalue weighted by Crippen LogP contribution is -2.14. The third-order valence-electron chi connectivity index (χ3n) is 3.87. The van der Waals surface area contributed by atoms with Crippen LogP contribution < -0.4 is 5.32 Å². The Labute approximate surface area is 151 Å². The van der Waals surface area contributed by atoms with Crippen molar-refractivity contribution in [3.05, 3.63) is 59.7 Å². The molecule has 1 amide bonds. The van der Waals surface area contributed by atoms with E-state index in [1.165, 1.54) is 11.8 Å². The van der Waals surface area contributed by atoms with Gasteiger partial charge in [0.25, 0.3) is 5.91 Å². The van der Waals surface area contributed by atoms with E-state index in [-0.39, 0.29) is 22.7 Å². The first-order chi connectivity index (χ1) is 12.0. The van der Waals surface area contributed by atoms with E-state index < -0.39 is 9.84 Å². The predicted molar refractivity (Wildman–Crippen MR) is 98.5 cm³/mol. The van der Waals surface area contributed by atoms with Crippen molar-refractivity contribution >= 4 is 33.2 Å². The van der Waals surface area contributed by atoms with Crippen LogP contribution in [0.4, 0.5) is 5.69 Å². The molecule has 1 saturated heterocycles. The third kappa shape index (κ3) is 4.41. The number of amides is 1. The second-order valence-corrected chi connectivity index (χ2v) is 9.36. The highest BCUT2D eigenvalue weighted by Crippen LogP contribution is 2.33. The lowest BCUT2D eigenvalue weighted by atomic mass is 10.2. The molecular formula is C18H16N2O3S2. The largest absolute Gasteiger partial charge is 0.322 e. The molecule has 0 spiro atoms. The fourth-order valence-electron chi connectivity index (χ4n) is 2.66. The number of anilines is 1. The average Bonchev–Trinajstić information content (AvgIpc) is 2.94. The molecule has 0 radical (unpaired) electrons. The van der Waals surface area contributed by atoms with Crippen LogP contribution >= 0.6 is 11.8 Å². The summed E-state index contributed by atoms with van der Waals surface area (Å²) in [7, 11) is -2.96. The first-order valence-electron chi connectivity index (χ1n) is 7.74. The quantitative estimate of drug-likeness (QED) is 0.891. The van der Waals surface area contributed by atoms with Crippen molar-refractivity contribution in [2.75, 3.05) is 16.8 Å². The number of carbonyl (C=O) groups excluding carboxylic acids is 1. The number of nitrogens with zero attached hydrogens (tertiary/aromatic N) is 1. The molecule has 1 unspecified atom stereocenters. The van der Waals surface area contributed by atoms with Crippen molar-refractivity contribution in [1.82, 2.24) is 0 Å². The summed E-state index contributed by atoms with van der Waals surface area (Å²) in [6.45, 7) is 0. The first-order valence-corrected chi connectivity index (χ1v) is 10.4. The van der Waals surface area contributed by atoms with Crippen LogP contribution in [0, 0.1) is 11.3 Å². The van der Waals surface area contributed by atoms with Gasteiger partial charge in [-0.2, -0.15) is 5.26 Å². The van der Waals surface area contributed by atoms with Crippen LogP contribution in [0.2, 0.25) is 0 Å². The molecule has 0 bridgehead atoms. The SMILES string of the molecule is N#Cc1cccc(NC(=O)c2ccccc2SC2CCS(=O)(=O)C2)c1. The monoisotopic (exact) mass is 372 g/mol. The molecule has 1 aliphatic rings. The molecule has 25 heavy (non-hydrogen) atoms. The van der Waals surface area contributed by atoms with Crippen LogP contribution in [-0.4, -0.2) is 31.1 Å². The van der Waals surface area contributed by atoms with Crippen LogP contribution in [0.25, 0.3) is 0 Å². The molecular weight excluding hydrogens is 356 g/mol. The number of thioether (sulfide) groups is 1. The highest BCUT2D eigenvalue weighted by Gasteiger charge is 2.29. The van der Waals surface area contributed by atoms with Gasteiger partial charge in [0.2, 0.25) is 0 Å². The highest BCUT2D eigenvalue weighted by molar-refractivity contribution is 8.02. The summed E-state index contributed by atoms with van der Waals surface area (Å²) in [4.78, 5) is 13.4. The zero-order valence-corrected chi connectivity index (χ0v) is 14.9. The summed E-state index contributed by atoms with van der Waals surface area (Å²) in [5.41, 5.74) is 1.52. The minimum absolute atomic E-state index is 0.0270. The number of nitriles is 1. The molecule has 3 rings (SSSR count). The zero-order chi connectivity index (χ0) is 17.9. The van der Waals surface area contributed by atoms with Crippen molar-refractivity contribution in [2.24, 2.45) is 0 Å². The predicted octanol–water partition coefficient (Wildman–Crippen LogP) is 3.09. The number of sulfone groups is 1. The smallest absolute Gasteiger partial charge is 0.256 e. The molecule has 1 heterocycles. The molecule has 1 N–H and O–H groups in total. The molecule has 128 valence electrons. The van der Waals surface area contributed by atoms with Crippen LogP contribution in [-0.2, 0) is 9.84 Å². The van der Waals surface area contributed by atoms with Crippen LogP contribution in [0.15, 0.2) is 53.4 Å². The number of hydrogen-bond acceptors (Lipinski definition) is 5. The molecule has 7 heteroatoms. The normalized spacial score (nSPS) is 18.4. The topological polar surface area (TPSA) is 87.0 Å². The van der Waals surface area contributed by atoms with E-state index in [4.69, 9.17) is 5.26 Å². The molecule has 2 aromatic carbocycles. The van der Waals surface area contributed by atoms with Gasteiger partial charge in [0.15, 0.2) is 9.84 Å². The Balaban J connectivity index is 1.78. The van der Waals surface area contributed by atoms with E-state index >= 15 is 0 Å². The van der Waals surface area contributed by atoms with Crippen LogP contribution in [0.1, 0.15) is 22.3 Å². The number of benzene rings is 2. The number of carbonyl (C=O) groups is 1. The molecule has 2 aromatic rings. The van der Waals surface area contributed by atoms with E-state index in [9.17, 15) is 13.2 Å². The van der Waals surface area contributed by atoms with Crippen molar-refractivity contribution in [2.45, 2.75) is 16.6 Å². The Bertz CT molecular complexity index is 949. The maximum Gasteiger partial charge on any atom is 0.256 e. The lowest BCUT2D eigenvalue weighted by Gasteiger charge is -2.12. The van der Waals surface area contributed by atoms with E-state index in [1.807, 2.05) is 18.2 Å². The second-order valence-electron chi connectivity index (χ2n) is 5.79. The zero-order valence-electron chi connectivity index (χ0n) is 13.3. The number of nitrogens with one attached hydrogen (secondary N) is 1. The van der Waals surface area contributed by atoms with Gasteiger partial charge in [-0.15, -0.1) is 11.8 Å². The molecule has 1 fully saturated rings. The molecule has 0 saturated carbocycles. The van der Waals surface area contributed by atoms with Gasteiger partial charge < -0.3 is 5.32 Å². The maximum absolute atomic E-state index is 12.6. The fraction of sp³-hybridized carbons (Fsp3) is 0.222. The Morgan fingerprint density at radius 3 is 2.72 bits per heavy atom. The molecule has 1 atom stereocenters. The van der Waals surface area contributed by atoms with Gasteiger partial charge in [0.1, 0.15) is 0 Å². The van der Waals surface area contributed by atoms with Crippen molar-refractivity contribution in [3.63, 3.8) is 0 Å². The Morgan fingerprint density at radius 1 is 1.20 bits per heavy atom. The van der Waals surface area contributed by atoms with Crippen molar-refractivity contribution in [3.8, 4) is 6.07 Å². The summed E-state index contributed by atoms with van der Waals surface area (Å²) < 4.78 is 23.3. The van der Waals surface area contributed by atoms with Gasteiger partial charge in [0, 0.05) is 15.8 Å². The second kappa shape index (κ2) is 7.30. The number of rotatable bonds is 4. The molecule has 5 nitrogen and oxygen atoms in total. The van der Waals surface area contributed by atoms with E-state index in [2.05, 4.69) is 5.32 Å². The van der Waals surface area contributed by atoms with Gasteiger partial charge >= 0.3 is 0 Å². The minimum atomic E-state index is -2.96.